The topological polar surface area (TPSA) is 70.5 Å². The van der Waals surface area contributed by atoms with Crippen LogP contribution in [0.25, 0.3) is 0 Å². The first-order valence-electron chi connectivity index (χ1n) is 10.5. The summed E-state index contributed by atoms with van der Waals surface area (Å²) < 4.78 is 0. The largest absolute Gasteiger partial charge is 0.342 e. The zero-order valence-corrected chi connectivity index (χ0v) is 16.0. The molecule has 0 spiro atoms. The van der Waals surface area contributed by atoms with Crippen LogP contribution in [0.3, 0.4) is 0 Å². The van der Waals surface area contributed by atoms with Crippen molar-refractivity contribution in [3.05, 3.63) is 35.9 Å². The number of benzene rings is 1. The Morgan fingerprint density at radius 3 is 2.67 bits per heavy atom. The summed E-state index contributed by atoms with van der Waals surface area (Å²) in [5.41, 5.74) is 1.35. The molecule has 0 bridgehead atoms. The monoisotopic (exact) mass is 372 g/mol. The molecule has 146 valence electrons. The predicted octanol–water partition coefficient (Wildman–Crippen LogP) is -1.32. The molecule has 4 rings (SSSR count). The molecule has 6 nitrogen and oxygen atoms in total. The lowest BCUT2D eigenvalue weighted by molar-refractivity contribution is -0.917. The first-order valence-corrected chi connectivity index (χ1v) is 10.5. The van der Waals surface area contributed by atoms with Gasteiger partial charge in [0.1, 0.15) is 12.6 Å². The van der Waals surface area contributed by atoms with E-state index in [0.717, 1.165) is 45.6 Å². The van der Waals surface area contributed by atoms with Gasteiger partial charge in [0.2, 0.25) is 5.91 Å². The van der Waals surface area contributed by atoms with E-state index in [1.54, 1.807) is 0 Å². The molecule has 2 saturated heterocycles. The Bertz CT molecular complexity index is 657. The van der Waals surface area contributed by atoms with Gasteiger partial charge in [0.25, 0.3) is 5.91 Å². The molecule has 0 unspecified atom stereocenters. The molecule has 1 aromatic carbocycles. The maximum atomic E-state index is 12.8. The highest BCUT2D eigenvalue weighted by Gasteiger charge is 2.41. The molecule has 2 amide bonds. The van der Waals surface area contributed by atoms with Crippen molar-refractivity contribution in [1.82, 2.24) is 10.2 Å². The standard InChI is InChI=1S/C21H30N4O2/c26-20(14-19-21(27)23-18-9-5-4-8-17(18)22-19)25-12-10-24(11-13-25)15-16-6-2-1-3-7-16/h1-3,6-7,17-19,22H,4-5,8-15H2,(H,23,27)/p+2/t17-,18+,19-/m0/s1. The van der Waals surface area contributed by atoms with Crippen molar-refractivity contribution in [2.45, 2.75) is 56.8 Å². The molecule has 0 radical (unpaired) electrons. The van der Waals surface area contributed by atoms with Crippen LogP contribution in [0.1, 0.15) is 37.7 Å². The van der Waals surface area contributed by atoms with Crippen LogP contribution in [-0.2, 0) is 16.1 Å². The van der Waals surface area contributed by atoms with E-state index in [0.29, 0.717) is 18.5 Å². The maximum absolute atomic E-state index is 12.8. The fourth-order valence-electron chi connectivity index (χ4n) is 4.86. The fraction of sp³-hybridized carbons (Fsp3) is 0.619. The summed E-state index contributed by atoms with van der Waals surface area (Å²) in [5, 5.41) is 5.34. The summed E-state index contributed by atoms with van der Waals surface area (Å²) in [4.78, 5) is 28.6. The van der Waals surface area contributed by atoms with E-state index < -0.39 is 0 Å². The Morgan fingerprint density at radius 2 is 1.89 bits per heavy atom. The van der Waals surface area contributed by atoms with Crippen LogP contribution in [0.2, 0.25) is 0 Å². The van der Waals surface area contributed by atoms with E-state index in [4.69, 9.17) is 0 Å². The second-order valence-electron chi connectivity index (χ2n) is 8.36. The lowest BCUT2D eigenvalue weighted by atomic mass is 9.87. The molecule has 2 heterocycles. The van der Waals surface area contributed by atoms with Gasteiger partial charge in [-0.2, -0.15) is 0 Å². The third kappa shape index (κ3) is 4.50. The molecule has 1 aliphatic carbocycles. The molecule has 3 fully saturated rings. The van der Waals surface area contributed by atoms with Crippen LogP contribution in [-0.4, -0.2) is 61.0 Å². The highest BCUT2D eigenvalue weighted by Crippen LogP contribution is 2.18. The molecule has 1 saturated carbocycles. The van der Waals surface area contributed by atoms with E-state index in [1.807, 2.05) is 11.0 Å². The van der Waals surface area contributed by atoms with Gasteiger partial charge in [-0.1, -0.05) is 36.8 Å². The number of piperazine rings is 2. The van der Waals surface area contributed by atoms with Crippen molar-refractivity contribution < 1.29 is 19.8 Å². The van der Waals surface area contributed by atoms with Crippen LogP contribution in [0, 0.1) is 0 Å². The lowest BCUT2D eigenvalue weighted by Gasteiger charge is -2.38. The summed E-state index contributed by atoms with van der Waals surface area (Å²) in [7, 11) is 0. The Labute approximate surface area is 161 Å². The Morgan fingerprint density at radius 1 is 1.15 bits per heavy atom. The zero-order valence-electron chi connectivity index (χ0n) is 16.0. The lowest BCUT2D eigenvalue weighted by Crippen LogP contribution is -3.13. The molecule has 3 aliphatic rings. The van der Waals surface area contributed by atoms with Crippen molar-refractivity contribution in [3.63, 3.8) is 0 Å². The van der Waals surface area contributed by atoms with E-state index >= 15 is 0 Å². The van der Waals surface area contributed by atoms with Gasteiger partial charge in [0.15, 0.2) is 6.04 Å². The average molecular weight is 373 g/mol. The van der Waals surface area contributed by atoms with Crippen molar-refractivity contribution in [3.8, 4) is 0 Å². The SMILES string of the molecule is O=C1N[C@@H]2CCCC[C@@H]2[NH2+][C@H]1CC(=O)N1CC[NH+](Cc2ccccc2)CC1. The van der Waals surface area contributed by atoms with Gasteiger partial charge in [-0.05, 0) is 12.8 Å². The summed E-state index contributed by atoms with van der Waals surface area (Å²) >= 11 is 0. The Kier molecular flexibility index (Phi) is 5.74. The Hall–Kier alpha value is -1.92. The highest BCUT2D eigenvalue weighted by atomic mass is 16.2. The minimum absolute atomic E-state index is 0.0554. The van der Waals surface area contributed by atoms with E-state index in [2.05, 4.69) is 34.9 Å². The van der Waals surface area contributed by atoms with Crippen LogP contribution in [0.4, 0.5) is 0 Å². The third-order valence-corrected chi connectivity index (χ3v) is 6.48. The number of quaternary nitrogens is 2. The second kappa shape index (κ2) is 8.40. The van der Waals surface area contributed by atoms with E-state index in [9.17, 15) is 9.59 Å². The molecule has 0 aromatic heterocycles. The van der Waals surface area contributed by atoms with Gasteiger partial charge in [-0.3, -0.25) is 9.59 Å². The molecule has 27 heavy (non-hydrogen) atoms. The maximum Gasteiger partial charge on any atom is 0.279 e. The zero-order chi connectivity index (χ0) is 18.6. The van der Waals surface area contributed by atoms with Crippen LogP contribution < -0.4 is 15.5 Å². The minimum atomic E-state index is -0.244. The van der Waals surface area contributed by atoms with Gasteiger partial charge >= 0.3 is 0 Å². The van der Waals surface area contributed by atoms with Crippen LogP contribution in [0.5, 0.6) is 0 Å². The summed E-state index contributed by atoms with van der Waals surface area (Å²) in [6.07, 6.45) is 5.01. The molecule has 2 aliphatic heterocycles. The van der Waals surface area contributed by atoms with E-state index in [-0.39, 0.29) is 17.9 Å². The third-order valence-electron chi connectivity index (χ3n) is 6.48. The predicted molar refractivity (Wildman–Crippen MR) is 102 cm³/mol. The normalized spacial score (nSPS) is 29.1. The molecule has 3 atom stereocenters. The van der Waals surface area contributed by atoms with Crippen molar-refractivity contribution in [1.29, 1.82) is 0 Å². The first kappa shape index (κ1) is 18.4. The fourth-order valence-corrected chi connectivity index (χ4v) is 4.86. The number of carbonyl (C=O) groups is 2. The molecule has 6 heteroatoms. The molecule has 4 N–H and O–H groups in total. The van der Waals surface area contributed by atoms with Gasteiger partial charge in [-0.25, -0.2) is 0 Å². The number of rotatable bonds is 4. The van der Waals surface area contributed by atoms with Gasteiger partial charge in [-0.15, -0.1) is 0 Å². The number of fused-ring (bicyclic) bond motifs is 1. The summed E-state index contributed by atoms with van der Waals surface area (Å²) in [6.45, 7) is 4.56. The summed E-state index contributed by atoms with van der Waals surface area (Å²) in [5.74, 6) is 0.194. The van der Waals surface area contributed by atoms with Crippen molar-refractivity contribution in [2.75, 3.05) is 26.2 Å². The molecular formula is C21H32N4O2+2. The van der Waals surface area contributed by atoms with Crippen LogP contribution in [0.15, 0.2) is 30.3 Å². The molecule has 1 aromatic rings. The smallest absolute Gasteiger partial charge is 0.279 e. The number of nitrogens with two attached hydrogens (primary N) is 1. The average Bonchev–Trinajstić information content (AvgIpc) is 2.70. The number of hydrogen-bond donors (Lipinski definition) is 3. The summed E-state index contributed by atoms with van der Waals surface area (Å²) in [6, 6.07) is 11.1. The van der Waals surface area contributed by atoms with Crippen molar-refractivity contribution >= 4 is 11.8 Å². The number of carbonyl (C=O) groups excluding carboxylic acids is 2. The van der Waals surface area contributed by atoms with E-state index in [1.165, 1.54) is 23.3 Å². The number of nitrogens with zero attached hydrogens (tertiary/aromatic N) is 1. The minimum Gasteiger partial charge on any atom is -0.342 e. The molecular weight excluding hydrogens is 340 g/mol. The van der Waals surface area contributed by atoms with Crippen LogP contribution >= 0.6 is 0 Å². The number of nitrogens with one attached hydrogen (secondary N) is 2. The second-order valence-corrected chi connectivity index (χ2v) is 8.36. The Balaban J connectivity index is 1.25. The van der Waals surface area contributed by atoms with Gasteiger partial charge < -0.3 is 20.4 Å². The number of hydrogen-bond acceptors (Lipinski definition) is 2. The van der Waals surface area contributed by atoms with Gasteiger partial charge in [0.05, 0.1) is 38.6 Å². The first-order chi connectivity index (χ1) is 13.2. The quantitative estimate of drug-likeness (QED) is 0.613. The highest BCUT2D eigenvalue weighted by molar-refractivity contribution is 5.87. The number of amides is 2. The van der Waals surface area contributed by atoms with Gasteiger partial charge in [0, 0.05) is 12.0 Å². The van der Waals surface area contributed by atoms with Crippen molar-refractivity contribution in [2.24, 2.45) is 0 Å².